The molecule has 0 aliphatic carbocycles. The van der Waals surface area contributed by atoms with Gasteiger partial charge in [-0.2, -0.15) is 0 Å². The van der Waals surface area contributed by atoms with E-state index in [-0.39, 0.29) is 5.82 Å². The molecule has 2 aromatic rings. The molecule has 0 aromatic carbocycles. The standard InChI is InChI=1S/C6H6N4O2S/c7-3(5(11)12)4-8-9-6-10(4)1-2-13-6/h1-3H,7H2,(H,11,12). The van der Waals surface area contributed by atoms with E-state index in [1.54, 1.807) is 16.0 Å². The zero-order valence-corrected chi connectivity index (χ0v) is 7.23. The summed E-state index contributed by atoms with van der Waals surface area (Å²) < 4.78 is 1.57. The third-order valence-corrected chi connectivity index (χ3v) is 2.37. The summed E-state index contributed by atoms with van der Waals surface area (Å²) in [5, 5.41) is 17.9. The minimum atomic E-state index is -1.12. The van der Waals surface area contributed by atoms with Gasteiger partial charge in [0, 0.05) is 11.6 Å². The van der Waals surface area contributed by atoms with E-state index < -0.39 is 12.0 Å². The van der Waals surface area contributed by atoms with Gasteiger partial charge in [0.2, 0.25) is 4.96 Å². The van der Waals surface area contributed by atoms with E-state index in [9.17, 15) is 4.79 Å². The highest BCUT2D eigenvalue weighted by Crippen LogP contribution is 2.14. The first-order valence-electron chi connectivity index (χ1n) is 3.46. The predicted octanol–water partition coefficient (Wildman–Crippen LogP) is -0.125. The number of hydrogen-bond donors (Lipinski definition) is 2. The highest BCUT2D eigenvalue weighted by atomic mass is 32.1. The molecular formula is C6H6N4O2S. The van der Waals surface area contributed by atoms with Crippen molar-refractivity contribution in [2.45, 2.75) is 6.04 Å². The first-order chi connectivity index (χ1) is 6.20. The fourth-order valence-electron chi connectivity index (χ4n) is 0.983. The minimum absolute atomic E-state index is 0.253. The maximum atomic E-state index is 10.6. The SMILES string of the molecule is NC(C(=O)O)c1nnc2sccn12. The molecule has 0 spiro atoms. The van der Waals surface area contributed by atoms with Crippen molar-refractivity contribution >= 4 is 22.3 Å². The lowest BCUT2D eigenvalue weighted by atomic mass is 10.3. The number of carboxylic acid groups (broad SMARTS) is 1. The monoisotopic (exact) mass is 198 g/mol. The van der Waals surface area contributed by atoms with Crippen LogP contribution in [-0.2, 0) is 4.79 Å². The van der Waals surface area contributed by atoms with Crippen molar-refractivity contribution in [2.75, 3.05) is 0 Å². The summed E-state index contributed by atoms with van der Waals surface area (Å²) in [6.07, 6.45) is 1.69. The predicted molar refractivity (Wildman–Crippen MR) is 45.4 cm³/mol. The van der Waals surface area contributed by atoms with Crippen LogP contribution in [0.15, 0.2) is 11.6 Å². The number of thiazole rings is 1. The largest absolute Gasteiger partial charge is 0.480 e. The maximum Gasteiger partial charge on any atom is 0.328 e. The molecule has 2 rings (SSSR count). The van der Waals surface area contributed by atoms with E-state index in [0.717, 1.165) is 0 Å². The number of aliphatic carboxylic acids is 1. The van der Waals surface area contributed by atoms with Gasteiger partial charge < -0.3 is 10.8 Å². The highest BCUT2D eigenvalue weighted by molar-refractivity contribution is 7.15. The summed E-state index contributed by atoms with van der Waals surface area (Å²) in [6.45, 7) is 0. The smallest absolute Gasteiger partial charge is 0.328 e. The molecule has 0 aliphatic rings. The molecule has 0 saturated carbocycles. The lowest BCUT2D eigenvalue weighted by Gasteiger charge is -2.01. The van der Waals surface area contributed by atoms with Crippen LogP contribution in [0.5, 0.6) is 0 Å². The van der Waals surface area contributed by atoms with Crippen molar-refractivity contribution < 1.29 is 9.90 Å². The number of carbonyl (C=O) groups is 1. The van der Waals surface area contributed by atoms with Crippen LogP contribution in [0.3, 0.4) is 0 Å². The molecular weight excluding hydrogens is 192 g/mol. The molecule has 6 nitrogen and oxygen atoms in total. The van der Waals surface area contributed by atoms with Crippen LogP contribution in [0.25, 0.3) is 4.96 Å². The Hall–Kier alpha value is -1.47. The summed E-state index contributed by atoms with van der Waals surface area (Å²) in [5.41, 5.74) is 5.39. The van der Waals surface area contributed by atoms with Gasteiger partial charge in [0.25, 0.3) is 0 Å². The van der Waals surface area contributed by atoms with Gasteiger partial charge in [0.05, 0.1) is 0 Å². The van der Waals surface area contributed by atoms with Gasteiger partial charge in [-0.3, -0.25) is 9.20 Å². The van der Waals surface area contributed by atoms with Crippen LogP contribution >= 0.6 is 11.3 Å². The van der Waals surface area contributed by atoms with Gasteiger partial charge >= 0.3 is 5.97 Å². The Morgan fingerprint density at radius 2 is 2.46 bits per heavy atom. The average Bonchev–Trinajstić information content (AvgIpc) is 2.61. The number of aromatic nitrogens is 3. The number of rotatable bonds is 2. The van der Waals surface area contributed by atoms with E-state index in [0.29, 0.717) is 4.96 Å². The summed E-state index contributed by atoms with van der Waals surface area (Å²) in [7, 11) is 0. The third kappa shape index (κ3) is 1.18. The van der Waals surface area contributed by atoms with Crippen molar-refractivity contribution in [1.29, 1.82) is 0 Å². The number of nitrogens with zero attached hydrogens (tertiary/aromatic N) is 3. The van der Waals surface area contributed by atoms with Crippen molar-refractivity contribution in [3.05, 3.63) is 17.4 Å². The molecule has 0 aliphatic heterocycles. The van der Waals surface area contributed by atoms with Crippen LogP contribution in [0.4, 0.5) is 0 Å². The first-order valence-corrected chi connectivity index (χ1v) is 4.34. The number of nitrogens with two attached hydrogens (primary N) is 1. The zero-order valence-electron chi connectivity index (χ0n) is 6.41. The van der Waals surface area contributed by atoms with E-state index in [4.69, 9.17) is 10.8 Å². The Labute approximate surface area is 76.6 Å². The zero-order chi connectivity index (χ0) is 9.42. The second-order valence-corrected chi connectivity index (χ2v) is 3.30. The summed E-state index contributed by atoms with van der Waals surface area (Å²) in [6, 6.07) is -1.12. The molecule has 0 saturated heterocycles. The van der Waals surface area contributed by atoms with E-state index in [2.05, 4.69) is 10.2 Å². The van der Waals surface area contributed by atoms with Crippen LogP contribution in [0.2, 0.25) is 0 Å². The third-order valence-electron chi connectivity index (χ3n) is 1.62. The Kier molecular flexibility index (Phi) is 1.74. The summed E-state index contributed by atoms with van der Waals surface area (Å²) in [5.74, 6) is -0.857. The highest BCUT2D eigenvalue weighted by Gasteiger charge is 2.20. The molecule has 0 radical (unpaired) electrons. The van der Waals surface area contributed by atoms with Gasteiger partial charge in [-0.25, -0.2) is 0 Å². The Morgan fingerprint density at radius 3 is 3.15 bits per heavy atom. The molecule has 68 valence electrons. The summed E-state index contributed by atoms with van der Waals surface area (Å²) >= 11 is 1.38. The molecule has 13 heavy (non-hydrogen) atoms. The van der Waals surface area contributed by atoms with Crippen LogP contribution in [0, 0.1) is 0 Å². The molecule has 1 unspecified atom stereocenters. The van der Waals surface area contributed by atoms with Gasteiger partial charge in [0.15, 0.2) is 11.9 Å². The fraction of sp³-hybridized carbons (Fsp3) is 0.167. The van der Waals surface area contributed by atoms with Crippen molar-refractivity contribution in [3.63, 3.8) is 0 Å². The first kappa shape index (κ1) is 8.14. The quantitative estimate of drug-likeness (QED) is 0.701. The van der Waals surface area contributed by atoms with Gasteiger partial charge in [-0.1, -0.05) is 0 Å². The Balaban J connectivity index is 2.54. The normalized spacial score (nSPS) is 13.3. The molecule has 2 heterocycles. The lowest BCUT2D eigenvalue weighted by molar-refractivity contribution is -0.138. The second-order valence-electron chi connectivity index (χ2n) is 2.43. The van der Waals surface area contributed by atoms with Crippen LogP contribution in [0.1, 0.15) is 11.9 Å². The second kappa shape index (κ2) is 2.79. The number of fused-ring (bicyclic) bond motifs is 1. The Bertz CT molecular complexity index is 448. The maximum absolute atomic E-state index is 10.6. The van der Waals surface area contributed by atoms with Crippen molar-refractivity contribution in [1.82, 2.24) is 14.6 Å². The van der Waals surface area contributed by atoms with Crippen molar-refractivity contribution in [2.24, 2.45) is 5.73 Å². The summed E-state index contributed by atoms with van der Waals surface area (Å²) in [4.78, 5) is 11.2. The molecule has 0 amide bonds. The topological polar surface area (TPSA) is 93.5 Å². The fourth-order valence-corrected chi connectivity index (χ4v) is 1.64. The molecule has 2 aromatic heterocycles. The lowest BCUT2D eigenvalue weighted by Crippen LogP contribution is -2.23. The average molecular weight is 198 g/mol. The molecule has 1 atom stereocenters. The number of hydrogen-bond acceptors (Lipinski definition) is 5. The molecule has 7 heteroatoms. The van der Waals surface area contributed by atoms with Crippen LogP contribution in [-0.4, -0.2) is 25.7 Å². The Morgan fingerprint density at radius 1 is 1.69 bits per heavy atom. The van der Waals surface area contributed by atoms with Gasteiger partial charge in [0.1, 0.15) is 0 Å². The van der Waals surface area contributed by atoms with Gasteiger partial charge in [-0.05, 0) is 0 Å². The van der Waals surface area contributed by atoms with Gasteiger partial charge in [-0.15, -0.1) is 21.5 Å². The number of carboxylic acids is 1. The van der Waals surface area contributed by atoms with Crippen molar-refractivity contribution in [3.8, 4) is 0 Å². The minimum Gasteiger partial charge on any atom is -0.480 e. The van der Waals surface area contributed by atoms with Crippen LogP contribution < -0.4 is 5.73 Å². The molecule has 3 N–H and O–H groups in total. The van der Waals surface area contributed by atoms with E-state index in [1.165, 1.54) is 11.3 Å². The molecule has 0 fully saturated rings. The molecule has 0 bridgehead atoms. The van der Waals surface area contributed by atoms with E-state index >= 15 is 0 Å². The van der Waals surface area contributed by atoms with E-state index in [1.807, 2.05) is 0 Å².